The number of aliphatic hydroxyl groups excluding tert-OH is 6. The number of nitrogens with zero attached hydrogens (tertiary/aromatic N) is 6. The zero-order chi connectivity index (χ0) is 80.1. The number of phenols is 3. The van der Waals surface area contributed by atoms with Crippen LogP contribution in [0.4, 0.5) is 17.1 Å². The molecule has 0 radical (unpaired) electrons. The van der Waals surface area contributed by atoms with Gasteiger partial charge in [0.15, 0.2) is 34.2 Å². The van der Waals surface area contributed by atoms with Gasteiger partial charge in [-0.05, 0) is 164 Å². The number of likely N-dealkylation sites (N-methyl/N-ethyl adjacent to an activating group) is 3. The van der Waals surface area contributed by atoms with E-state index < -0.39 is 174 Å². The van der Waals surface area contributed by atoms with Gasteiger partial charge in [-0.3, -0.25) is 57.9 Å². The van der Waals surface area contributed by atoms with Crippen LogP contribution in [-0.2, 0) is 76.7 Å². The quantitative estimate of drug-likeness (QED) is 0.0773. The average Bonchev–Trinajstić information content (AvgIpc) is 0.709. The Kier molecular flexibility index (Phi) is 21.9. The maximum Gasteiger partial charge on any atom is 1.00 e. The molecule has 9 aliphatic rings. The number of anilines is 3. The summed E-state index contributed by atoms with van der Waals surface area (Å²) in [5.41, 5.74) is 10.5. The number of aliphatic hydroxyl groups is 9. The molecule has 0 bridgehead atoms. The van der Waals surface area contributed by atoms with Crippen molar-refractivity contribution in [2.45, 2.75) is 87.3 Å². The Labute approximate surface area is 608 Å². The fraction of sp³-hybridized carbons (Fsp3) is 0.438. The standard InChI is InChI=1S/2C24H29N3O7.C23H27N3O7.CO2.CO/c2*1-9-6-13(26(2)3)11-7-10-8-12-17(27(4)5)20(30)16(23(25)33)22(32)24(12,34)21(31)14(10)19(29)15(11)18(9)28;1-25(2)12-5-6-13(27)15-10(12)7-9-8-11-17(26(3)4)19(29)16(22(24)32)21(31)23(11,33)20(30)14(9)18(15)28;2-1-3;1-2/h2*6,10,12,17,28-29,32,34H,7-8H2,1-5H3,(H2,25,33);5-6,9,11,17,27-28,31,33H,7-8H2,1-4H3,(H2,24,32);;/p+1/t2*10?,12?,17-,24-;9?,11?,17-,23-;;/m000../s1. The summed E-state index contributed by atoms with van der Waals surface area (Å²) in [5, 5.41) is 133. The summed E-state index contributed by atoms with van der Waals surface area (Å²) in [4.78, 5) is 143. The summed E-state index contributed by atoms with van der Waals surface area (Å²) in [7, 11) is 20.3. The van der Waals surface area contributed by atoms with Gasteiger partial charge in [-0.15, -0.1) is 0 Å². The van der Waals surface area contributed by atoms with Crippen LogP contribution in [0, 0.1) is 56.0 Å². The fourth-order valence-electron chi connectivity index (χ4n) is 17.3. The van der Waals surface area contributed by atoms with E-state index in [0.29, 0.717) is 27.8 Å². The van der Waals surface area contributed by atoms with Gasteiger partial charge in [0, 0.05) is 93.8 Å². The van der Waals surface area contributed by atoms with E-state index in [1.807, 2.05) is 57.0 Å². The minimum atomic E-state index is -2.63. The summed E-state index contributed by atoms with van der Waals surface area (Å²) in [5.74, 6) is -19.5. The van der Waals surface area contributed by atoms with Crippen molar-refractivity contribution >= 4 is 92.9 Å². The van der Waals surface area contributed by atoms with Crippen LogP contribution in [-0.4, -0.2) is 254 Å². The Morgan fingerprint density at radius 1 is 0.453 bits per heavy atom. The molecule has 33 nitrogen and oxygen atoms in total. The molecule has 12 rings (SSSR count). The molecule has 3 fully saturated rings. The van der Waals surface area contributed by atoms with Gasteiger partial charge in [0.1, 0.15) is 68.5 Å². The molecule has 12 atom stereocenters. The molecule has 0 aliphatic heterocycles. The number of carbonyl (C=O) groups is 9. The van der Waals surface area contributed by atoms with Crippen molar-refractivity contribution in [2.75, 3.05) is 99.3 Å². The number of fused-ring (bicyclic) bond motifs is 9. The van der Waals surface area contributed by atoms with Gasteiger partial charge in [-0.25, -0.2) is 0 Å². The maximum absolute atomic E-state index is 13.8. The van der Waals surface area contributed by atoms with Crippen LogP contribution in [0.3, 0.4) is 0 Å². The molecular weight excluding hydrogens is 1390 g/mol. The monoisotopic (exact) mass is 1470 g/mol. The van der Waals surface area contributed by atoms with E-state index in [1.165, 1.54) is 20.8 Å². The zero-order valence-corrected chi connectivity index (χ0v) is 60.4. The second-order valence-corrected chi connectivity index (χ2v) is 28.9. The van der Waals surface area contributed by atoms with Crippen molar-refractivity contribution in [2.24, 2.45) is 52.7 Å². The van der Waals surface area contributed by atoms with E-state index in [2.05, 4.69) is 6.65 Å². The fourth-order valence-corrected chi connectivity index (χ4v) is 17.3. The normalized spacial score (nSPS) is 27.5. The van der Waals surface area contributed by atoms with Gasteiger partial charge in [0.2, 0.25) is 17.3 Å². The second kappa shape index (κ2) is 28.8. The Bertz CT molecular complexity index is 4460. The van der Waals surface area contributed by atoms with E-state index in [4.69, 9.17) is 31.4 Å². The van der Waals surface area contributed by atoms with Gasteiger partial charge >= 0.3 is 18.9 Å². The molecule has 0 heterocycles. The Morgan fingerprint density at radius 3 is 0.934 bits per heavy atom. The minimum Gasteiger partial charge on any atom is 1.00 e. The van der Waals surface area contributed by atoms with Crippen LogP contribution in [0.1, 0.15) is 65.2 Å². The van der Waals surface area contributed by atoms with E-state index in [9.17, 15) is 104 Å². The van der Waals surface area contributed by atoms with Gasteiger partial charge in [0.25, 0.3) is 17.7 Å². The smallest absolute Gasteiger partial charge is 1.00 e. The Morgan fingerprint density at radius 2 is 0.698 bits per heavy atom. The van der Waals surface area contributed by atoms with Gasteiger partial charge in [0.05, 0.1) is 34.8 Å². The molecule has 566 valence electrons. The number of aryl methyl sites for hydroxylation is 2. The zero-order valence-electron chi connectivity index (χ0n) is 61.4. The third-order valence-electron chi connectivity index (χ3n) is 21.8. The van der Waals surface area contributed by atoms with Crippen molar-refractivity contribution in [1.29, 1.82) is 0 Å². The van der Waals surface area contributed by atoms with Gasteiger partial charge < -0.3 is 93.2 Å². The number of hydrogen-bond acceptors (Lipinski definition) is 29. The number of primary amides is 3. The number of rotatable bonds is 9. The van der Waals surface area contributed by atoms with Crippen molar-refractivity contribution in [1.82, 2.24) is 14.7 Å². The molecule has 9 aliphatic carbocycles. The number of nitrogens with two attached hydrogens (primary N) is 3. The van der Waals surface area contributed by atoms with Crippen LogP contribution >= 0.6 is 0 Å². The molecule has 6 unspecified atom stereocenters. The number of benzene rings is 3. The van der Waals surface area contributed by atoms with Crippen molar-refractivity contribution in [3.05, 3.63) is 126 Å². The number of carbonyl (C=O) groups excluding carboxylic acids is 11. The SMILES string of the molecule is CN(C)c1ccc(O)c2c1CC1CC3[C@H](N(C)C)C(=O)C(C(N)=O)=C(O)[C@@]3(O)C(=O)C1=C2O.Cc1cc(N(C)C)c2c(c1O)C(O)=C1C(=O)[C@]3(O)C(O)=C(C(N)=O)C(=O)[C@@H](N(C)C)C3CC1C2.Cc1cc(N(C)C)c2c(c1O)C(O)=C1C(=O)[C@]3(O)C(O)=C(C(N)=O)C(=O)[C@@H](N(C)C)C3CC1C2.O=C=O.[C-]#[O+].[H+]. The van der Waals surface area contributed by atoms with Gasteiger partial charge in [-0.1, -0.05) is 0 Å². The molecular formula is C73H86N9O24+. The largest absolute Gasteiger partial charge is 1.00 e. The molecule has 3 saturated carbocycles. The van der Waals surface area contributed by atoms with Crippen molar-refractivity contribution < 1.29 is 120 Å². The number of Topliss-reactive ketones (excluding diaryl/α,β-unsaturated/α-hetero) is 6. The number of aromatic hydroxyl groups is 3. The van der Waals surface area contributed by atoms with Crippen LogP contribution in [0.5, 0.6) is 17.2 Å². The molecule has 106 heavy (non-hydrogen) atoms. The molecule has 3 amide bonds. The third kappa shape index (κ3) is 12.0. The first-order valence-electron chi connectivity index (χ1n) is 33.0. The van der Waals surface area contributed by atoms with Gasteiger partial charge in [-0.2, -0.15) is 9.59 Å². The minimum absolute atomic E-state index is 0. The molecule has 0 aromatic heterocycles. The summed E-state index contributed by atoms with van der Waals surface area (Å²) < 4.78 is 7.50. The summed E-state index contributed by atoms with van der Waals surface area (Å²) in [6.45, 7) is 7.84. The topological polar surface area (TPSA) is 548 Å². The first-order chi connectivity index (χ1) is 49.2. The van der Waals surface area contributed by atoms with E-state index in [-0.39, 0.29) is 96.8 Å². The molecule has 3 aromatic carbocycles. The first kappa shape index (κ1) is 80.7. The molecule has 0 saturated heterocycles. The number of phenolic OH excluding ortho intramolecular Hbond substituents is 3. The summed E-state index contributed by atoms with van der Waals surface area (Å²) >= 11 is 0. The number of hydrogen-bond donors (Lipinski definition) is 15. The molecule has 18 N–H and O–H groups in total. The van der Waals surface area contributed by atoms with Crippen LogP contribution in [0.2, 0.25) is 0 Å². The summed E-state index contributed by atoms with van der Waals surface area (Å²) in [6.07, 6.45) is 1.22. The predicted molar refractivity (Wildman–Crippen MR) is 375 cm³/mol. The number of ketones is 6. The molecule has 3 aromatic rings. The molecule has 33 heteroatoms. The number of amides is 3. The third-order valence-corrected chi connectivity index (χ3v) is 21.8. The van der Waals surface area contributed by atoms with Crippen LogP contribution < -0.4 is 31.9 Å². The Hall–Kier alpha value is -11.0. The average molecular weight is 1470 g/mol. The van der Waals surface area contributed by atoms with E-state index in [0.717, 1.165) is 17.1 Å². The first-order valence-corrected chi connectivity index (χ1v) is 33.0. The summed E-state index contributed by atoms with van der Waals surface area (Å²) in [6, 6.07) is 3.38. The van der Waals surface area contributed by atoms with E-state index >= 15 is 0 Å². The maximum atomic E-state index is 13.8. The van der Waals surface area contributed by atoms with Crippen LogP contribution in [0.15, 0.2) is 75.0 Å². The molecule has 0 spiro atoms. The second-order valence-electron chi connectivity index (χ2n) is 28.9. The van der Waals surface area contributed by atoms with Crippen molar-refractivity contribution in [3.63, 3.8) is 0 Å². The van der Waals surface area contributed by atoms with Crippen molar-refractivity contribution in [3.8, 4) is 17.2 Å². The Balaban J connectivity index is 0.000000216. The predicted octanol–water partition coefficient (Wildman–Crippen LogP) is 0.198. The van der Waals surface area contributed by atoms with E-state index in [1.54, 1.807) is 74.3 Å². The van der Waals surface area contributed by atoms with Crippen LogP contribution in [0.25, 0.3) is 17.3 Å².